The number of rotatable bonds is 11. The first-order valence-electron chi connectivity index (χ1n) is 13.8. The van der Waals surface area contributed by atoms with Crippen molar-refractivity contribution in [2.75, 3.05) is 58.8 Å². The van der Waals surface area contributed by atoms with Crippen molar-refractivity contribution in [2.45, 2.75) is 5.25 Å². The van der Waals surface area contributed by atoms with Gasteiger partial charge in [0.15, 0.2) is 0 Å². The van der Waals surface area contributed by atoms with E-state index in [1.165, 1.54) is 16.7 Å². The Balaban J connectivity index is 1.79. The second-order valence-electron chi connectivity index (χ2n) is 9.82. The average Bonchev–Trinajstić information content (AvgIpc) is 3.37. The predicted octanol–water partition coefficient (Wildman–Crippen LogP) is 5.15. The molecule has 0 radical (unpaired) electrons. The Morgan fingerprint density at radius 1 is 0.977 bits per heavy atom. The quantitative estimate of drug-likeness (QED) is 0.226. The third-order valence-corrected chi connectivity index (χ3v) is 8.66. The first kappa shape index (κ1) is 31.2. The minimum Gasteiger partial charge on any atom is -0.497 e. The second kappa shape index (κ2) is 14.1. The number of methoxy groups -OCH3 is 4. The van der Waals surface area contributed by atoms with Crippen molar-refractivity contribution in [1.82, 2.24) is 15.1 Å². The molecule has 2 heterocycles. The van der Waals surface area contributed by atoms with E-state index in [9.17, 15) is 9.59 Å². The summed E-state index contributed by atoms with van der Waals surface area (Å²) in [5.74, 6) is 1.97. The molecule has 2 amide bonds. The van der Waals surface area contributed by atoms with Crippen LogP contribution in [0.15, 0.2) is 66.7 Å². The van der Waals surface area contributed by atoms with Crippen LogP contribution >= 0.6 is 23.4 Å². The largest absolute Gasteiger partial charge is 0.497 e. The lowest BCUT2D eigenvalue weighted by Crippen LogP contribution is -2.43. The maximum absolute atomic E-state index is 13.9. The van der Waals surface area contributed by atoms with Gasteiger partial charge in [-0.15, -0.1) is 11.8 Å². The van der Waals surface area contributed by atoms with Gasteiger partial charge in [-0.3, -0.25) is 14.5 Å². The Bertz CT molecular complexity index is 1630. The summed E-state index contributed by atoms with van der Waals surface area (Å²) in [4.78, 5) is 28.6. The Morgan fingerprint density at radius 2 is 1.68 bits per heavy atom. The number of nitrogens with one attached hydrogen (secondary N) is 1. The Labute approximate surface area is 265 Å². The third-order valence-electron chi connectivity index (χ3n) is 7.17. The molecule has 10 nitrogen and oxygen atoms in total. The monoisotopic (exact) mass is 636 g/mol. The zero-order valence-electron chi connectivity index (χ0n) is 24.8. The fraction of sp³-hybridized carbons (Fsp3) is 0.281. The summed E-state index contributed by atoms with van der Waals surface area (Å²) in [5, 5.41) is 8.10. The number of aromatic nitrogens is 2. The molecule has 1 N–H and O–H groups in total. The van der Waals surface area contributed by atoms with Crippen molar-refractivity contribution < 1.29 is 28.5 Å². The van der Waals surface area contributed by atoms with Gasteiger partial charge in [0.2, 0.25) is 11.8 Å². The molecular weight excluding hydrogens is 604 g/mol. The number of amides is 2. The van der Waals surface area contributed by atoms with E-state index in [-0.39, 0.29) is 24.1 Å². The van der Waals surface area contributed by atoms with Gasteiger partial charge in [-0.25, -0.2) is 4.68 Å². The summed E-state index contributed by atoms with van der Waals surface area (Å²) in [6, 6.07) is 20.3. The fourth-order valence-electron chi connectivity index (χ4n) is 5.03. The van der Waals surface area contributed by atoms with Crippen LogP contribution < -0.4 is 24.4 Å². The highest BCUT2D eigenvalue weighted by molar-refractivity contribution is 8.00. The number of nitrogens with zero attached hydrogens (tertiary/aromatic N) is 3. The summed E-state index contributed by atoms with van der Waals surface area (Å²) in [7, 11) is 6.37. The Kier molecular flexibility index (Phi) is 9.99. The van der Waals surface area contributed by atoms with Crippen molar-refractivity contribution in [3.8, 4) is 34.2 Å². The van der Waals surface area contributed by atoms with E-state index in [1.54, 1.807) is 45.3 Å². The molecule has 3 aromatic carbocycles. The molecule has 1 aromatic heterocycles. The number of hydrogen-bond acceptors (Lipinski definition) is 8. The summed E-state index contributed by atoms with van der Waals surface area (Å²) in [6.07, 6.45) is 0. The molecule has 5 rings (SSSR count). The first-order chi connectivity index (χ1) is 21.4. The van der Waals surface area contributed by atoms with Crippen molar-refractivity contribution in [3.05, 3.63) is 82.9 Å². The van der Waals surface area contributed by atoms with Gasteiger partial charge in [-0.05, 0) is 54.6 Å². The van der Waals surface area contributed by atoms with Crippen molar-refractivity contribution >= 4 is 41.0 Å². The number of anilines is 1. The van der Waals surface area contributed by atoms with Crippen LogP contribution in [0, 0.1) is 0 Å². The topological polar surface area (TPSA) is 104 Å². The predicted molar refractivity (Wildman–Crippen MR) is 172 cm³/mol. The minimum atomic E-state index is -0.418. The number of hydrogen-bond donors (Lipinski definition) is 1. The van der Waals surface area contributed by atoms with E-state index in [0.29, 0.717) is 52.6 Å². The number of fused-ring (bicyclic) bond motifs is 1. The number of halogens is 1. The molecule has 1 atom stereocenters. The molecule has 0 saturated heterocycles. The third kappa shape index (κ3) is 6.50. The standard InChI is InChI=1S/C32H33ClN4O6S/c1-40-16-15-34-27(38)18-36-28(39)19-44-31(25-17-24(42-3)13-14-26(25)43-4)29-30(20-5-7-21(33)8-6-20)35-37(32(29)36)22-9-11-23(41-2)12-10-22/h5-14,17,31H,15-16,18-19H2,1-4H3,(H,34,38). The van der Waals surface area contributed by atoms with Gasteiger partial charge in [0.25, 0.3) is 0 Å². The number of ether oxygens (including phenoxy) is 4. The molecule has 0 saturated carbocycles. The molecule has 230 valence electrons. The van der Waals surface area contributed by atoms with Crippen LogP contribution in [0.2, 0.25) is 5.02 Å². The maximum atomic E-state index is 13.9. The van der Waals surface area contributed by atoms with Crippen LogP contribution in [0.1, 0.15) is 16.4 Å². The van der Waals surface area contributed by atoms with Crippen LogP contribution in [0.5, 0.6) is 17.2 Å². The van der Waals surface area contributed by atoms with Gasteiger partial charge >= 0.3 is 0 Å². The zero-order chi connectivity index (χ0) is 31.2. The van der Waals surface area contributed by atoms with Gasteiger partial charge in [-0.2, -0.15) is 5.10 Å². The van der Waals surface area contributed by atoms with Crippen molar-refractivity contribution in [1.29, 1.82) is 0 Å². The van der Waals surface area contributed by atoms with Crippen LogP contribution in [-0.4, -0.2) is 75.5 Å². The maximum Gasteiger partial charge on any atom is 0.240 e. The minimum absolute atomic E-state index is 0.105. The average molecular weight is 637 g/mol. The van der Waals surface area contributed by atoms with Gasteiger partial charge in [0.05, 0.1) is 50.3 Å². The molecule has 1 aliphatic rings. The van der Waals surface area contributed by atoms with Crippen LogP contribution in [0.25, 0.3) is 16.9 Å². The SMILES string of the molecule is COCCNC(=O)CN1C(=O)CSC(c2cc(OC)ccc2OC)c2c(-c3ccc(Cl)cc3)nn(-c3ccc(OC)cc3)c21. The molecule has 0 fully saturated rings. The highest BCUT2D eigenvalue weighted by Crippen LogP contribution is 2.51. The smallest absolute Gasteiger partial charge is 0.240 e. The Morgan fingerprint density at radius 3 is 2.34 bits per heavy atom. The number of thioether (sulfide) groups is 1. The molecular formula is C32H33ClN4O6S. The summed E-state index contributed by atoms with van der Waals surface area (Å²) in [5.41, 5.74) is 3.67. The molecule has 4 aromatic rings. The number of carbonyl (C=O) groups excluding carboxylic acids is 2. The zero-order valence-corrected chi connectivity index (χ0v) is 26.4. The van der Waals surface area contributed by atoms with Crippen molar-refractivity contribution in [3.63, 3.8) is 0 Å². The van der Waals surface area contributed by atoms with E-state index < -0.39 is 5.25 Å². The van der Waals surface area contributed by atoms with Gasteiger partial charge in [-0.1, -0.05) is 23.7 Å². The molecule has 0 spiro atoms. The fourth-order valence-corrected chi connectivity index (χ4v) is 6.36. The Hall–Kier alpha value is -4.19. The summed E-state index contributed by atoms with van der Waals surface area (Å²) >= 11 is 7.71. The van der Waals surface area contributed by atoms with E-state index in [1.807, 2.05) is 54.6 Å². The van der Waals surface area contributed by atoms with Crippen molar-refractivity contribution in [2.24, 2.45) is 0 Å². The second-order valence-corrected chi connectivity index (χ2v) is 11.4. The van der Waals surface area contributed by atoms with E-state index >= 15 is 0 Å². The lowest BCUT2D eigenvalue weighted by Gasteiger charge is -2.23. The van der Waals surface area contributed by atoms with Crippen LogP contribution in [0.4, 0.5) is 5.82 Å². The van der Waals surface area contributed by atoms with E-state index in [0.717, 1.165) is 16.7 Å². The summed E-state index contributed by atoms with van der Waals surface area (Å²) in [6.45, 7) is 0.458. The van der Waals surface area contributed by atoms with Crippen LogP contribution in [-0.2, 0) is 14.3 Å². The molecule has 1 unspecified atom stereocenters. The molecule has 1 aliphatic heterocycles. The normalized spacial score (nSPS) is 14.5. The lowest BCUT2D eigenvalue weighted by molar-refractivity contribution is -0.123. The van der Waals surface area contributed by atoms with Gasteiger partial charge < -0.3 is 24.3 Å². The molecule has 0 aliphatic carbocycles. The van der Waals surface area contributed by atoms with Crippen LogP contribution in [0.3, 0.4) is 0 Å². The van der Waals surface area contributed by atoms with Gasteiger partial charge in [0.1, 0.15) is 29.6 Å². The van der Waals surface area contributed by atoms with E-state index in [4.69, 9.17) is 35.6 Å². The summed E-state index contributed by atoms with van der Waals surface area (Å²) < 4.78 is 23.6. The lowest BCUT2D eigenvalue weighted by atomic mass is 9.98. The highest BCUT2D eigenvalue weighted by atomic mass is 35.5. The highest BCUT2D eigenvalue weighted by Gasteiger charge is 2.38. The van der Waals surface area contributed by atoms with E-state index in [2.05, 4.69) is 5.32 Å². The molecule has 44 heavy (non-hydrogen) atoms. The molecule has 12 heteroatoms. The number of benzene rings is 3. The number of carbonyl (C=O) groups is 2. The first-order valence-corrected chi connectivity index (χ1v) is 15.2. The van der Waals surface area contributed by atoms with Gasteiger partial charge in [0, 0.05) is 35.4 Å². The molecule has 0 bridgehead atoms.